The standard InChI is InChI=1S/C4H5NO/c1-3-6-4-2-5-1/h5H,1,3H2. The highest BCUT2D eigenvalue weighted by Crippen LogP contribution is 1.70. The number of rotatable bonds is 0. The lowest BCUT2D eigenvalue weighted by molar-refractivity contribution is 0.271. The summed E-state index contributed by atoms with van der Waals surface area (Å²) in [5.41, 5.74) is 0. The van der Waals surface area contributed by atoms with E-state index in [-0.39, 0.29) is 0 Å². The fourth-order valence-corrected chi connectivity index (χ4v) is 0.288. The Balaban J connectivity index is 2.36. The van der Waals surface area contributed by atoms with Gasteiger partial charge >= 0.3 is 0 Å². The van der Waals surface area contributed by atoms with Crippen molar-refractivity contribution in [2.45, 2.75) is 0 Å². The maximum atomic E-state index is 4.65. The normalized spacial score (nSPS) is 16.0. The lowest BCUT2D eigenvalue weighted by Gasteiger charge is -1.99. The Kier molecular flexibility index (Phi) is 0.872. The van der Waals surface area contributed by atoms with Crippen LogP contribution < -0.4 is 5.32 Å². The van der Waals surface area contributed by atoms with Gasteiger partial charge in [0.05, 0.1) is 6.54 Å². The number of ether oxygens (including phenoxy) is 1. The molecule has 2 heteroatoms. The van der Waals surface area contributed by atoms with Crippen molar-refractivity contribution in [2.75, 3.05) is 13.2 Å². The molecule has 0 radical (unpaired) electrons. The molecule has 0 bridgehead atoms. The fourth-order valence-electron chi connectivity index (χ4n) is 0.288. The van der Waals surface area contributed by atoms with Gasteiger partial charge in [0.1, 0.15) is 12.7 Å². The SMILES string of the molecule is C1#COCCN1. The predicted octanol–water partition coefficient (Wildman–Crippen LogP) is -0.475. The molecule has 0 unspecified atom stereocenters. The summed E-state index contributed by atoms with van der Waals surface area (Å²) >= 11 is 0. The molecule has 6 heavy (non-hydrogen) atoms. The summed E-state index contributed by atoms with van der Waals surface area (Å²) in [5.74, 6) is 0. The minimum atomic E-state index is 0.715. The topological polar surface area (TPSA) is 21.3 Å². The molecule has 32 valence electrons. The second-order valence-electron chi connectivity index (χ2n) is 1.00. The highest BCUT2D eigenvalue weighted by atomic mass is 16.5. The van der Waals surface area contributed by atoms with Gasteiger partial charge in [-0.05, 0) is 0 Å². The summed E-state index contributed by atoms with van der Waals surface area (Å²) in [5, 5.41) is 2.80. The molecule has 0 aromatic heterocycles. The van der Waals surface area contributed by atoms with Gasteiger partial charge in [0, 0.05) is 6.04 Å². The van der Waals surface area contributed by atoms with Crippen LogP contribution in [0.3, 0.4) is 0 Å². The van der Waals surface area contributed by atoms with E-state index >= 15 is 0 Å². The molecular weight excluding hydrogens is 78.0 g/mol. The van der Waals surface area contributed by atoms with Gasteiger partial charge in [-0.3, -0.25) is 0 Å². The van der Waals surface area contributed by atoms with Crippen LogP contribution in [0.1, 0.15) is 0 Å². The van der Waals surface area contributed by atoms with E-state index in [1.807, 2.05) is 0 Å². The van der Waals surface area contributed by atoms with Crippen molar-refractivity contribution in [3.8, 4) is 12.2 Å². The fraction of sp³-hybridized carbons (Fsp3) is 0.500. The van der Waals surface area contributed by atoms with E-state index in [4.69, 9.17) is 0 Å². The molecule has 0 saturated carbocycles. The predicted molar refractivity (Wildman–Crippen MR) is 21.7 cm³/mol. The lowest BCUT2D eigenvalue weighted by atomic mass is 10.7. The smallest absolute Gasteiger partial charge is 0.133 e. The van der Waals surface area contributed by atoms with Gasteiger partial charge in [-0.2, -0.15) is 0 Å². The lowest BCUT2D eigenvalue weighted by Crippen LogP contribution is -2.16. The third kappa shape index (κ3) is 0.554. The summed E-state index contributed by atoms with van der Waals surface area (Å²) in [4.78, 5) is 0. The first-order chi connectivity index (χ1) is 3.00. The van der Waals surface area contributed by atoms with Gasteiger partial charge in [0.15, 0.2) is 0 Å². The largest absolute Gasteiger partial charge is 0.443 e. The van der Waals surface area contributed by atoms with E-state index in [0.717, 1.165) is 6.54 Å². The summed E-state index contributed by atoms with van der Waals surface area (Å²) in [6.45, 7) is 1.57. The average molecular weight is 83.1 g/mol. The van der Waals surface area contributed by atoms with Crippen LogP contribution in [0, 0.1) is 12.2 Å². The second-order valence-corrected chi connectivity index (χ2v) is 1.00. The summed E-state index contributed by atoms with van der Waals surface area (Å²) in [6, 6.07) is 2.56. The number of nitrogens with one attached hydrogen (secondary N) is 1. The Labute approximate surface area is 36.5 Å². The molecule has 1 heterocycles. The van der Waals surface area contributed by atoms with Gasteiger partial charge < -0.3 is 10.1 Å². The van der Waals surface area contributed by atoms with E-state index in [0.29, 0.717) is 6.61 Å². The molecule has 0 spiro atoms. The quantitative estimate of drug-likeness (QED) is 0.399. The zero-order valence-corrected chi connectivity index (χ0v) is 3.32. The zero-order valence-electron chi connectivity index (χ0n) is 3.32. The van der Waals surface area contributed by atoms with Crippen molar-refractivity contribution in [1.82, 2.24) is 5.32 Å². The van der Waals surface area contributed by atoms with Gasteiger partial charge in [-0.15, -0.1) is 0 Å². The molecule has 1 aliphatic rings. The van der Waals surface area contributed by atoms with Crippen molar-refractivity contribution in [3.05, 3.63) is 0 Å². The highest BCUT2D eigenvalue weighted by Gasteiger charge is 1.83. The highest BCUT2D eigenvalue weighted by molar-refractivity contribution is 4.91. The Hall–Kier alpha value is -0.840. The minimum absolute atomic E-state index is 0.715. The van der Waals surface area contributed by atoms with Crippen molar-refractivity contribution in [3.63, 3.8) is 0 Å². The van der Waals surface area contributed by atoms with Gasteiger partial charge in [-0.1, -0.05) is 0 Å². The van der Waals surface area contributed by atoms with Gasteiger partial charge in [-0.25, -0.2) is 0 Å². The molecule has 0 aromatic carbocycles. The maximum absolute atomic E-state index is 4.65. The first-order valence-corrected chi connectivity index (χ1v) is 1.85. The van der Waals surface area contributed by atoms with E-state index in [1.165, 1.54) is 0 Å². The van der Waals surface area contributed by atoms with Crippen LogP contribution in [0.5, 0.6) is 0 Å². The molecule has 1 rings (SSSR count). The summed E-state index contributed by atoms with van der Waals surface area (Å²) in [6.07, 6.45) is 2.42. The summed E-state index contributed by atoms with van der Waals surface area (Å²) in [7, 11) is 0. The number of hydrogen-bond donors (Lipinski definition) is 1. The molecule has 0 saturated heterocycles. The van der Waals surface area contributed by atoms with Crippen LogP contribution in [0.4, 0.5) is 0 Å². The second kappa shape index (κ2) is 1.56. The van der Waals surface area contributed by atoms with Crippen molar-refractivity contribution in [1.29, 1.82) is 0 Å². The first kappa shape index (κ1) is 3.35. The van der Waals surface area contributed by atoms with Crippen LogP contribution in [0.15, 0.2) is 0 Å². The Morgan fingerprint density at radius 1 is 1.67 bits per heavy atom. The molecular formula is C4H5NO. The molecule has 0 amide bonds. The third-order valence-corrected chi connectivity index (χ3v) is 0.541. The van der Waals surface area contributed by atoms with Crippen molar-refractivity contribution >= 4 is 0 Å². The van der Waals surface area contributed by atoms with Crippen LogP contribution in [0.2, 0.25) is 0 Å². The zero-order chi connectivity index (χ0) is 4.24. The van der Waals surface area contributed by atoms with Crippen molar-refractivity contribution in [2.24, 2.45) is 0 Å². The van der Waals surface area contributed by atoms with Gasteiger partial charge in [0.2, 0.25) is 0 Å². The molecule has 0 aliphatic carbocycles. The molecule has 0 fully saturated rings. The Morgan fingerprint density at radius 2 is 2.67 bits per heavy atom. The van der Waals surface area contributed by atoms with Crippen LogP contribution in [0.25, 0.3) is 0 Å². The molecule has 0 atom stereocenters. The van der Waals surface area contributed by atoms with E-state index in [1.54, 1.807) is 0 Å². The molecule has 1 N–H and O–H groups in total. The maximum Gasteiger partial charge on any atom is 0.133 e. The first-order valence-electron chi connectivity index (χ1n) is 1.85. The Bertz CT molecular complexity index is 79.5. The average Bonchev–Trinajstić information content (AvgIpc) is 1.72. The van der Waals surface area contributed by atoms with Crippen LogP contribution in [-0.4, -0.2) is 13.2 Å². The summed E-state index contributed by atoms with van der Waals surface area (Å²) < 4.78 is 4.65. The van der Waals surface area contributed by atoms with Crippen molar-refractivity contribution < 1.29 is 4.74 Å². The third-order valence-electron chi connectivity index (χ3n) is 0.541. The van der Waals surface area contributed by atoms with E-state index < -0.39 is 0 Å². The van der Waals surface area contributed by atoms with Crippen LogP contribution >= 0.6 is 0 Å². The van der Waals surface area contributed by atoms with E-state index in [9.17, 15) is 0 Å². The molecule has 2 nitrogen and oxygen atoms in total. The molecule has 0 aromatic rings. The molecule has 1 aliphatic heterocycles. The van der Waals surface area contributed by atoms with E-state index in [2.05, 4.69) is 22.2 Å². The van der Waals surface area contributed by atoms with Gasteiger partial charge in [0.25, 0.3) is 0 Å². The van der Waals surface area contributed by atoms with Crippen LogP contribution in [-0.2, 0) is 4.74 Å². The Morgan fingerprint density at radius 3 is 2.83 bits per heavy atom. The minimum Gasteiger partial charge on any atom is -0.443 e. The number of hydrogen-bond acceptors (Lipinski definition) is 2. The monoisotopic (exact) mass is 83.0 g/mol.